The maximum Gasteiger partial charge on any atom is 0.269 e. The van der Waals surface area contributed by atoms with Gasteiger partial charge in [-0.1, -0.05) is 12.1 Å². The number of carbonyl (C=O) groups is 1. The Balaban J connectivity index is 1.75. The molecule has 1 atom stereocenters. The molecule has 7 nitrogen and oxygen atoms in total. The Bertz CT molecular complexity index is 512. The minimum Gasteiger partial charge on any atom is -0.381 e. The van der Waals surface area contributed by atoms with E-state index in [-0.39, 0.29) is 17.5 Å². The zero-order valence-corrected chi connectivity index (χ0v) is 12.4. The van der Waals surface area contributed by atoms with Crippen LogP contribution in [0.1, 0.15) is 18.4 Å². The Morgan fingerprint density at radius 2 is 2.00 bits per heavy atom. The molecular formula is C15H21N3O4. The van der Waals surface area contributed by atoms with Crippen LogP contribution in [-0.4, -0.2) is 36.6 Å². The fourth-order valence-corrected chi connectivity index (χ4v) is 2.52. The zero-order chi connectivity index (χ0) is 15.9. The molecule has 7 heteroatoms. The zero-order valence-electron chi connectivity index (χ0n) is 12.4. The largest absolute Gasteiger partial charge is 0.381 e. The maximum absolute atomic E-state index is 12.0. The molecule has 1 heterocycles. The first-order valence-corrected chi connectivity index (χ1v) is 7.42. The van der Waals surface area contributed by atoms with Gasteiger partial charge in [-0.05, 0) is 30.7 Å². The van der Waals surface area contributed by atoms with Crippen LogP contribution in [0.25, 0.3) is 0 Å². The summed E-state index contributed by atoms with van der Waals surface area (Å²) in [7, 11) is 0. The number of nitrogens with one attached hydrogen (secondary N) is 1. The first kappa shape index (κ1) is 16.4. The van der Waals surface area contributed by atoms with Gasteiger partial charge in [0.1, 0.15) is 0 Å². The van der Waals surface area contributed by atoms with Crippen molar-refractivity contribution in [2.45, 2.75) is 25.3 Å². The van der Waals surface area contributed by atoms with Gasteiger partial charge in [-0.25, -0.2) is 0 Å². The number of nitro benzene ring substituents is 1. The number of hydrogen-bond acceptors (Lipinski definition) is 5. The summed E-state index contributed by atoms with van der Waals surface area (Å²) in [5.41, 5.74) is 6.98. The second-order valence-electron chi connectivity index (χ2n) is 5.44. The number of benzene rings is 1. The molecule has 0 aliphatic carbocycles. The van der Waals surface area contributed by atoms with Crippen molar-refractivity contribution in [3.8, 4) is 0 Å². The molecule has 1 aliphatic rings. The monoisotopic (exact) mass is 307 g/mol. The normalized spacial score (nSPS) is 17.0. The van der Waals surface area contributed by atoms with Gasteiger partial charge in [-0.15, -0.1) is 0 Å². The number of ether oxygens (including phenoxy) is 1. The van der Waals surface area contributed by atoms with Crippen LogP contribution in [0.15, 0.2) is 24.3 Å². The standard InChI is InChI=1S/C15H21N3O4/c16-14(12-6-9-22-10-7-12)15(19)17-8-5-11-1-3-13(4-2-11)18(20)21/h1-4,12,14H,5-10,16H2,(H,17,19). The topological polar surface area (TPSA) is 107 Å². The molecule has 0 bridgehead atoms. The molecule has 22 heavy (non-hydrogen) atoms. The molecule has 0 spiro atoms. The number of rotatable bonds is 6. The summed E-state index contributed by atoms with van der Waals surface area (Å²) < 4.78 is 5.26. The number of hydrogen-bond donors (Lipinski definition) is 2. The van der Waals surface area contributed by atoms with Crippen molar-refractivity contribution in [2.75, 3.05) is 19.8 Å². The molecule has 0 radical (unpaired) electrons. The Hall–Kier alpha value is -1.99. The van der Waals surface area contributed by atoms with Gasteiger partial charge in [0.2, 0.25) is 5.91 Å². The Morgan fingerprint density at radius 3 is 2.59 bits per heavy atom. The summed E-state index contributed by atoms with van der Waals surface area (Å²) >= 11 is 0. The highest BCUT2D eigenvalue weighted by Crippen LogP contribution is 2.17. The second-order valence-corrected chi connectivity index (χ2v) is 5.44. The van der Waals surface area contributed by atoms with Crippen molar-refractivity contribution in [1.82, 2.24) is 5.32 Å². The predicted molar refractivity (Wildman–Crippen MR) is 81.3 cm³/mol. The van der Waals surface area contributed by atoms with E-state index in [0.717, 1.165) is 18.4 Å². The molecule has 120 valence electrons. The minimum atomic E-state index is -0.499. The van der Waals surface area contributed by atoms with Gasteiger partial charge in [-0.2, -0.15) is 0 Å². The molecule has 3 N–H and O–H groups in total. The highest BCUT2D eigenvalue weighted by atomic mass is 16.6. The smallest absolute Gasteiger partial charge is 0.269 e. The molecular weight excluding hydrogens is 286 g/mol. The molecule has 0 saturated carbocycles. The lowest BCUT2D eigenvalue weighted by molar-refractivity contribution is -0.384. The first-order valence-electron chi connectivity index (χ1n) is 7.42. The summed E-state index contributed by atoms with van der Waals surface area (Å²) in [6.45, 7) is 1.79. The summed E-state index contributed by atoms with van der Waals surface area (Å²) in [4.78, 5) is 22.1. The third-order valence-electron chi connectivity index (χ3n) is 3.94. The Kier molecular flexibility index (Phi) is 5.85. The second kappa shape index (κ2) is 7.86. The van der Waals surface area contributed by atoms with E-state index >= 15 is 0 Å². The quantitative estimate of drug-likeness (QED) is 0.602. The van der Waals surface area contributed by atoms with E-state index in [1.54, 1.807) is 12.1 Å². The molecule has 1 aromatic carbocycles. The summed E-state index contributed by atoms with van der Waals surface area (Å²) in [5, 5.41) is 13.4. The van der Waals surface area contributed by atoms with Crippen molar-refractivity contribution in [2.24, 2.45) is 11.7 Å². The van der Waals surface area contributed by atoms with Gasteiger partial charge in [0.25, 0.3) is 5.69 Å². The lowest BCUT2D eigenvalue weighted by atomic mass is 9.92. The van der Waals surface area contributed by atoms with Crippen molar-refractivity contribution in [3.63, 3.8) is 0 Å². The van der Waals surface area contributed by atoms with E-state index in [0.29, 0.717) is 26.2 Å². The SMILES string of the molecule is NC(C(=O)NCCc1ccc([N+](=O)[O-])cc1)C1CCOCC1. The molecule has 1 aromatic rings. The van der Waals surface area contributed by atoms with Gasteiger partial charge in [0.15, 0.2) is 0 Å². The van der Waals surface area contributed by atoms with Crippen LogP contribution >= 0.6 is 0 Å². The summed E-state index contributed by atoms with van der Waals surface area (Å²) in [5.74, 6) is 0.0296. The fraction of sp³-hybridized carbons (Fsp3) is 0.533. The van der Waals surface area contributed by atoms with E-state index in [2.05, 4.69) is 5.32 Å². The Labute approximate surface area is 129 Å². The lowest BCUT2D eigenvalue weighted by Gasteiger charge is -2.26. The molecule has 0 aromatic heterocycles. The third kappa shape index (κ3) is 4.51. The third-order valence-corrected chi connectivity index (χ3v) is 3.94. The highest BCUT2D eigenvalue weighted by Gasteiger charge is 2.26. The number of nitrogens with zero attached hydrogens (tertiary/aromatic N) is 1. The van der Waals surface area contributed by atoms with E-state index in [1.165, 1.54) is 12.1 Å². The van der Waals surface area contributed by atoms with Crippen LogP contribution in [0.3, 0.4) is 0 Å². The van der Waals surface area contributed by atoms with Crippen LogP contribution in [-0.2, 0) is 16.0 Å². The van der Waals surface area contributed by atoms with Crippen LogP contribution in [0.4, 0.5) is 5.69 Å². The first-order chi connectivity index (χ1) is 10.6. The van der Waals surface area contributed by atoms with Gasteiger partial charge in [0.05, 0.1) is 11.0 Å². The number of non-ortho nitro benzene ring substituents is 1. The molecule has 2 rings (SSSR count). The molecule has 1 unspecified atom stereocenters. The minimum absolute atomic E-state index is 0.0642. The van der Waals surface area contributed by atoms with E-state index in [4.69, 9.17) is 10.5 Å². The average Bonchev–Trinajstić information content (AvgIpc) is 2.55. The highest BCUT2D eigenvalue weighted by molar-refractivity contribution is 5.81. The molecule has 1 fully saturated rings. The van der Waals surface area contributed by atoms with E-state index in [9.17, 15) is 14.9 Å². The van der Waals surface area contributed by atoms with Crippen LogP contribution < -0.4 is 11.1 Å². The average molecular weight is 307 g/mol. The van der Waals surface area contributed by atoms with Gasteiger partial charge < -0.3 is 15.8 Å². The fourth-order valence-electron chi connectivity index (χ4n) is 2.52. The van der Waals surface area contributed by atoms with Crippen molar-refractivity contribution >= 4 is 11.6 Å². The van der Waals surface area contributed by atoms with Crippen LogP contribution in [0.5, 0.6) is 0 Å². The summed E-state index contributed by atoms with van der Waals surface area (Å²) in [6.07, 6.45) is 2.25. The molecule has 1 aliphatic heterocycles. The lowest BCUT2D eigenvalue weighted by Crippen LogP contribution is -2.47. The number of nitro groups is 1. The number of nitrogens with two attached hydrogens (primary N) is 1. The Morgan fingerprint density at radius 1 is 1.36 bits per heavy atom. The number of amides is 1. The van der Waals surface area contributed by atoms with Gasteiger partial charge in [0, 0.05) is 31.9 Å². The predicted octanol–water partition coefficient (Wildman–Crippen LogP) is 1.01. The van der Waals surface area contributed by atoms with Crippen molar-refractivity contribution in [3.05, 3.63) is 39.9 Å². The summed E-state index contributed by atoms with van der Waals surface area (Å²) in [6, 6.07) is 5.82. The van der Waals surface area contributed by atoms with Crippen LogP contribution in [0.2, 0.25) is 0 Å². The molecule has 1 amide bonds. The maximum atomic E-state index is 12.0. The van der Waals surface area contributed by atoms with E-state index in [1.807, 2.05) is 0 Å². The van der Waals surface area contributed by atoms with Crippen molar-refractivity contribution in [1.29, 1.82) is 0 Å². The van der Waals surface area contributed by atoms with Crippen molar-refractivity contribution < 1.29 is 14.5 Å². The number of carbonyl (C=O) groups excluding carboxylic acids is 1. The van der Waals surface area contributed by atoms with E-state index < -0.39 is 11.0 Å². The van der Waals surface area contributed by atoms with Gasteiger partial charge >= 0.3 is 0 Å². The molecule has 1 saturated heterocycles. The van der Waals surface area contributed by atoms with Crippen LogP contribution in [0, 0.1) is 16.0 Å². The van der Waals surface area contributed by atoms with Gasteiger partial charge in [-0.3, -0.25) is 14.9 Å².